The van der Waals surface area contributed by atoms with E-state index >= 15 is 0 Å². The molecule has 4 heteroatoms. The molecule has 0 bridgehead atoms. The lowest BCUT2D eigenvalue weighted by atomic mass is 9.98. The highest BCUT2D eigenvalue weighted by atomic mass is 19.3. The van der Waals surface area contributed by atoms with Crippen molar-refractivity contribution in [3.63, 3.8) is 0 Å². The molecule has 18 heavy (non-hydrogen) atoms. The van der Waals surface area contributed by atoms with Crippen molar-refractivity contribution in [1.82, 2.24) is 5.32 Å². The molecule has 0 saturated carbocycles. The predicted octanol–water partition coefficient (Wildman–Crippen LogP) is 3.19. The van der Waals surface area contributed by atoms with Crippen LogP contribution in [-0.4, -0.2) is 17.7 Å². The quantitative estimate of drug-likeness (QED) is 0.869. The molecule has 1 fully saturated rings. The van der Waals surface area contributed by atoms with E-state index < -0.39 is 12.5 Å². The number of aliphatic hydroxyl groups excluding tert-OH is 1. The van der Waals surface area contributed by atoms with Gasteiger partial charge in [0.2, 0.25) is 0 Å². The fraction of sp³-hybridized carbons (Fsp3) is 0.571. The summed E-state index contributed by atoms with van der Waals surface area (Å²) in [5.41, 5.74) is 0.707. The minimum atomic E-state index is -2.45. The zero-order valence-corrected chi connectivity index (χ0v) is 10.3. The molecule has 2 rings (SSSR count). The van der Waals surface area contributed by atoms with Crippen LogP contribution in [0.25, 0.3) is 0 Å². The smallest absolute Gasteiger partial charge is 0.263 e. The molecule has 1 aromatic rings. The first-order chi connectivity index (χ1) is 8.68. The van der Waals surface area contributed by atoms with Crippen molar-refractivity contribution in [2.45, 2.75) is 44.3 Å². The summed E-state index contributed by atoms with van der Waals surface area (Å²) in [4.78, 5) is 0. The Morgan fingerprint density at radius 2 is 1.72 bits per heavy atom. The van der Waals surface area contributed by atoms with Gasteiger partial charge in [-0.2, -0.15) is 0 Å². The zero-order chi connectivity index (χ0) is 13.0. The fourth-order valence-corrected chi connectivity index (χ4v) is 2.40. The van der Waals surface area contributed by atoms with E-state index in [1.165, 1.54) is 18.6 Å². The standard InChI is InChI=1S/C14H19F2NO/c15-14(16)11-7-5-10(6-8-11)13(18)12-4-2-1-3-9-17-12/h5-8,12-14,17-18H,1-4,9H2. The third-order valence-electron chi connectivity index (χ3n) is 3.51. The molecule has 2 N–H and O–H groups in total. The summed E-state index contributed by atoms with van der Waals surface area (Å²) in [6.07, 6.45) is 1.28. The number of benzene rings is 1. The maximum absolute atomic E-state index is 12.4. The number of halogens is 2. The molecule has 1 aliphatic heterocycles. The van der Waals surface area contributed by atoms with Crippen molar-refractivity contribution >= 4 is 0 Å². The topological polar surface area (TPSA) is 32.3 Å². The highest BCUT2D eigenvalue weighted by Gasteiger charge is 2.21. The number of rotatable bonds is 3. The predicted molar refractivity (Wildman–Crippen MR) is 66.6 cm³/mol. The van der Waals surface area contributed by atoms with E-state index in [1.54, 1.807) is 12.1 Å². The van der Waals surface area contributed by atoms with Gasteiger partial charge in [0.05, 0.1) is 6.10 Å². The first-order valence-corrected chi connectivity index (χ1v) is 6.48. The molecule has 2 unspecified atom stereocenters. The molecule has 0 aliphatic carbocycles. The van der Waals surface area contributed by atoms with E-state index in [0.717, 1.165) is 25.8 Å². The fourth-order valence-electron chi connectivity index (χ4n) is 2.40. The van der Waals surface area contributed by atoms with Crippen LogP contribution in [0.1, 0.15) is 49.3 Å². The van der Waals surface area contributed by atoms with E-state index in [0.29, 0.717) is 5.56 Å². The molecule has 0 aromatic heterocycles. The Morgan fingerprint density at radius 3 is 2.39 bits per heavy atom. The molecule has 2 atom stereocenters. The summed E-state index contributed by atoms with van der Waals surface area (Å²) in [7, 11) is 0. The molecule has 1 heterocycles. The van der Waals surface area contributed by atoms with Gasteiger partial charge in [0.15, 0.2) is 0 Å². The molecular weight excluding hydrogens is 236 g/mol. The van der Waals surface area contributed by atoms with Crippen molar-refractivity contribution in [2.24, 2.45) is 0 Å². The van der Waals surface area contributed by atoms with Crippen LogP contribution in [0.5, 0.6) is 0 Å². The Kier molecular flexibility index (Phi) is 4.66. The van der Waals surface area contributed by atoms with Crippen LogP contribution in [0, 0.1) is 0 Å². The van der Waals surface area contributed by atoms with E-state index in [2.05, 4.69) is 5.32 Å². The van der Waals surface area contributed by atoms with Crippen LogP contribution in [0.3, 0.4) is 0 Å². The van der Waals surface area contributed by atoms with E-state index in [-0.39, 0.29) is 11.6 Å². The average molecular weight is 255 g/mol. The van der Waals surface area contributed by atoms with Crippen LogP contribution >= 0.6 is 0 Å². The Hall–Kier alpha value is -1.00. The summed E-state index contributed by atoms with van der Waals surface area (Å²) in [6, 6.07) is 6.00. The molecule has 1 aromatic carbocycles. The second-order valence-electron chi connectivity index (χ2n) is 4.82. The molecule has 0 amide bonds. The largest absolute Gasteiger partial charge is 0.387 e. The van der Waals surface area contributed by atoms with Gasteiger partial charge in [0, 0.05) is 11.6 Å². The first-order valence-electron chi connectivity index (χ1n) is 6.48. The molecule has 100 valence electrons. The van der Waals surface area contributed by atoms with Crippen LogP contribution in [0.15, 0.2) is 24.3 Å². The lowest BCUT2D eigenvalue weighted by molar-refractivity contribution is 0.126. The molecular formula is C14H19F2NO. The maximum Gasteiger partial charge on any atom is 0.263 e. The Morgan fingerprint density at radius 1 is 1.06 bits per heavy atom. The van der Waals surface area contributed by atoms with Crippen molar-refractivity contribution in [1.29, 1.82) is 0 Å². The second kappa shape index (κ2) is 6.25. The molecule has 1 aliphatic rings. The number of nitrogens with one attached hydrogen (secondary N) is 1. The van der Waals surface area contributed by atoms with E-state index in [9.17, 15) is 13.9 Å². The molecule has 0 radical (unpaired) electrons. The van der Waals surface area contributed by atoms with Crippen LogP contribution in [-0.2, 0) is 0 Å². The van der Waals surface area contributed by atoms with Gasteiger partial charge >= 0.3 is 0 Å². The van der Waals surface area contributed by atoms with Crippen molar-refractivity contribution in [3.8, 4) is 0 Å². The molecule has 0 spiro atoms. The maximum atomic E-state index is 12.4. The molecule has 2 nitrogen and oxygen atoms in total. The van der Waals surface area contributed by atoms with Gasteiger partial charge < -0.3 is 10.4 Å². The number of aliphatic hydroxyl groups is 1. The zero-order valence-electron chi connectivity index (χ0n) is 10.3. The van der Waals surface area contributed by atoms with Crippen LogP contribution in [0.2, 0.25) is 0 Å². The summed E-state index contributed by atoms with van der Waals surface area (Å²) < 4.78 is 24.9. The summed E-state index contributed by atoms with van der Waals surface area (Å²) in [5, 5.41) is 13.6. The monoisotopic (exact) mass is 255 g/mol. The van der Waals surface area contributed by atoms with Gasteiger partial charge in [-0.15, -0.1) is 0 Å². The number of alkyl halides is 2. The van der Waals surface area contributed by atoms with Crippen molar-refractivity contribution in [3.05, 3.63) is 35.4 Å². The SMILES string of the molecule is OC(c1ccc(C(F)F)cc1)C1CCCCCN1. The molecule has 1 saturated heterocycles. The summed E-state index contributed by atoms with van der Waals surface area (Å²) >= 11 is 0. The summed E-state index contributed by atoms with van der Waals surface area (Å²) in [6.45, 7) is 0.914. The number of hydrogen-bond acceptors (Lipinski definition) is 2. The third kappa shape index (κ3) is 3.27. The summed E-state index contributed by atoms with van der Waals surface area (Å²) in [5.74, 6) is 0. The van der Waals surface area contributed by atoms with Gasteiger partial charge in [0.25, 0.3) is 6.43 Å². The highest BCUT2D eigenvalue weighted by molar-refractivity contribution is 5.25. The van der Waals surface area contributed by atoms with Gasteiger partial charge in [-0.05, 0) is 24.9 Å². The van der Waals surface area contributed by atoms with Crippen molar-refractivity contribution in [2.75, 3.05) is 6.54 Å². The lowest BCUT2D eigenvalue weighted by Gasteiger charge is -2.22. The highest BCUT2D eigenvalue weighted by Crippen LogP contribution is 2.25. The van der Waals surface area contributed by atoms with Gasteiger partial charge in [-0.3, -0.25) is 0 Å². The number of hydrogen-bond donors (Lipinski definition) is 2. The Labute approximate surface area is 106 Å². The first kappa shape index (κ1) is 13.4. The van der Waals surface area contributed by atoms with Crippen LogP contribution in [0.4, 0.5) is 8.78 Å². The van der Waals surface area contributed by atoms with Crippen molar-refractivity contribution < 1.29 is 13.9 Å². The van der Waals surface area contributed by atoms with Gasteiger partial charge in [0.1, 0.15) is 0 Å². The third-order valence-corrected chi connectivity index (χ3v) is 3.51. The second-order valence-corrected chi connectivity index (χ2v) is 4.82. The lowest BCUT2D eigenvalue weighted by Crippen LogP contribution is -2.34. The normalized spacial score (nSPS) is 22.8. The van der Waals surface area contributed by atoms with Gasteiger partial charge in [-0.1, -0.05) is 37.1 Å². The minimum Gasteiger partial charge on any atom is -0.387 e. The average Bonchev–Trinajstić information content (AvgIpc) is 2.67. The minimum absolute atomic E-state index is 0.000208. The van der Waals surface area contributed by atoms with E-state index in [1.807, 2.05) is 0 Å². The van der Waals surface area contributed by atoms with E-state index in [4.69, 9.17) is 0 Å². The Balaban J connectivity index is 2.05. The van der Waals surface area contributed by atoms with Gasteiger partial charge in [-0.25, -0.2) is 8.78 Å². The Bertz CT molecular complexity index is 359. The van der Waals surface area contributed by atoms with Crippen LogP contribution < -0.4 is 5.32 Å².